The second-order valence-electron chi connectivity index (χ2n) is 5.11. The van der Waals surface area contributed by atoms with E-state index in [-0.39, 0.29) is 5.12 Å². The molecule has 1 N–H and O–H groups in total. The fourth-order valence-electron chi connectivity index (χ4n) is 2.32. The van der Waals surface area contributed by atoms with Crippen LogP contribution in [0.4, 0.5) is 10.8 Å². The molecule has 1 aromatic carbocycles. The third-order valence-corrected chi connectivity index (χ3v) is 5.76. The minimum absolute atomic E-state index is 0.228. The number of carbonyl (C=O) groups is 1. The Morgan fingerprint density at radius 2 is 2.04 bits per heavy atom. The monoisotopic (exact) mass is 392 g/mol. The Kier molecular flexibility index (Phi) is 5.31. The highest BCUT2D eigenvalue weighted by Gasteiger charge is 2.14. The number of rotatable bonds is 6. The van der Waals surface area contributed by atoms with E-state index >= 15 is 0 Å². The van der Waals surface area contributed by atoms with Gasteiger partial charge in [0.2, 0.25) is 5.12 Å². The van der Waals surface area contributed by atoms with Crippen molar-refractivity contribution in [1.82, 2.24) is 4.98 Å². The summed E-state index contributed by atoms with van der Waals surface area (Å²) in [6.45, 7) is 1.97. The topological polar surface area (TPSA) is 60.5 Å². The lowest BCUT2D eigenvalue weighted by Gasteiger charge is -2.10. The van der Waals surface area contributed by atoms with Gasteiger partial charge in [-0.2, -0.15) is 0 Å². The first kappa shape index (κ1) is 17.8. The molecule has 0 aliphatic carbocycles. The molecular weight excluding hydrogens is 376 g/mol. The number of hydrogen-bond acceptors (Lipinski definition) is 7. The molecule has 25 heavy (non-hydrogen) atoms. The summed E-state index contributed by atoms with van der Waals surface area (Å²) in [4.78, 5) is 17.7. The Bertz CT molecular complexity index is 918. The van der Waals surface area contributed by atoms with Gasteiger partial charge in [-0.05, 0) is 25.1 Å². The molecule has 0 aliphatic rings. The fraction of sp³-hybridized carbons (Fsp3) is 0.176. The number of thiol groups is 1. The summed E-state index contributed by atoms with van der Waals surface area (Å²) in [6, 6.07) is 7.36. The van der Waals surface area contributed by atoms with Crippen molar-refractivity contribution in [2.45, 2.75) is 6.92 Å². The number of nitrogens with zero attached hydrogens (tertiary/aromatic N) is 1. The van der Waals surface area contributed by atoms with Crippen LogP contribution in [0.2, 0.25) is 0 Å². The van der Waals surface area contributed by atoms with Crippen LogP contribution < -0.4 is 14.8 Å². The second kappa shape index (κ2) is 7.47. The largest absolute Gasteiger partial charge is 0.497 e. The van der Waals surface area contributed by atoms with E-state index in [1.807, 2.05) is 36.6 Å². The van der Waals surface area contributed by atoms with Crippen LogP contribution in [0.25, 0.3) is 11.3 Å². The van der Waals surface area contributed by atoms with E-state index in [1.54, 1.807) is 14.2 Å². The van der Waals surface area contributed by atoms with Crippen molar-refractivity contribution in [2.24, 2.45) is 0 Å². The van der Waals surface area contributed by atoms with E-state index < -0.39 is 0 Å². The number of nitrogens with one attached hydrogen (secondary N) is 1. The van der Waals surface area contributed by atoms with Gasteiger partial charge >= 0.3 is 0 Å². The van der Waals surface area contributed by atoms with Gasteiger partial charge in [-0.15, -0.1) is 22.7 Å². The van der Waals surface area contributed by atoms with Gasteiger partial charge in [0, 0.05) is 21.9 Å². The van der Waals surface area contributed by atoms with Gasteiger partial charge < -0.3 is 14.8 Å². The number of methoxy groups -OCH3 is 2. The number of hydrogen-bond donors (Lipinski definition) is 2. The first-order chi connectivity index (χ1) is 12.0. The minimum atomic E-state index is -0.228. The first-order valence-electron chi connectivity index (χ1n) is 7.30. The molecule has 3 aromatic rings. The van der Waals surface area contributed by atoms with Crippen molar-refractivity contribution in [3.05, 3.63) is 39.4 Å². The molecule has 130 valence electrons. The smallest absolute Gasteiger partial charge is 0.226 e. The number of aryl methyl sites for hydroxylation is 1. The van der Waals surface area contributed by atoms with E-state index in [0.29, 0.717) is 10.6 Å². The second-order valence-corrected chi connectivity index (χ2v) is 7.64. The summed E-state index contributed by atoms with van der Waals surface area (Å²) in [5.74, 6) is 1.43. The molecule has 0 fully saturated rings. The lowest BCUT2D eigenvalue weighted by molar-refractivity contribution is 0.109. The van der Waals surface area contributed by atoms with Crippen LogP contribution in [-0.2, 0) is 0 Å². The average molecular weight is 393 g/mol. The SMILES string of the molecule is COc1ccc(OC)c(Nc2nc(-c3cc(C(=O)S)sc3C)cs2)c1. The van der Waals surface area contributed by atoms with Gasteiger partial charge in [0.1, 0.15) is 11.5 Å². The van der Waals surface area contributed by atoms with Crippen LogP contribution in [-0.4, -0.2) is 24.3 Å². The lowest BCUT2D eigenvalue weighted by atomic mass is 10.2. The zero-order valence-corrected chi connectivity index (χ0v) is 16.3. The standard InChI is InChI=1S/C17H16N2O3S3/c1-9-11(7-15(25-9)16(20)23)13-8-24-17(19-13)18-12-6-10(21-2)4-5-14(12)22-3/h4-8H,1-3H3,(H,18,19)(H,20,23). The number of aromatic nitrogens is 1. The normalized spacial score (nSPS) is 10.6. The zero-order chi connectivity index (χ0) is 18.0. The maximum Gasteiger partial charge on any atom is 0.226 e. The van der Waals surface area contributed by atoms with Crippen LogP contribution in [0.3, 0.4) is 0 Å². The lowest BCUT2D eigenvalue weighted by Crippen LogP contribution is -1.95. The van der Waals surface area contributed by atoms with Crippen LogP contribution >= 0.6 is 35.3 Å². The summed E-state index contributed by atoms with van der Waals surface area (Å²) >= 11 is 6.79. The van der Waals surface area contributed by atoms with Crippen molar-refractivity contribution < 1.29 is 14.3 Å². The van der Waals surface area contributed by atoms with Crippen molar-refractivity contribution >= 4 is 51.2 Å². The maximum atomic E-state index is 11.4. The molecule has 0 unspecified atom stereocenters. The highest BCUT2D eigenvalue weighted by atomic mass is 32.1. The molecule has 0 aliphatic heterocycles. The number of benzene rings is 1. The number of carbonyl (C=O) groups excluding carboxylic acids is 1. The summed E-state index contributed by atoms with van der Waals surface area (Å²) < 4.78 is 10.6. The Labute approximate surface area is 159 Å². The van der Waals surface area contributed by atoms with Crippen LogP contribution in [0.1, 0.15) is 14.5 Å². The number of thiophene rings is 1. The predicted octanol–water partition coefficient (Wildman–Crippen LogP) is 5.01. The molecule has 2 aromatic heterocycles. The van der Waals surface area contributed by atoms with E-state index in [1.165, 1.54) is 22.7 Å². The molecule has 0 saturated carbocycles. The molecule has 5 nitrogen and oxygen atoms in total. The average Bonchev–Trinajstić information content (AvgIpc) is 3.21. The summed E-state index contributed by atoms with van der Waals surface area (Å²) in [6.07, 6.45) is 0. The minimum Gasteiger partial charge on any atom is -0.497 e. The van der Waals surface area contributed by atoms with Crippen molar-refractivity contribution in [3.8, 4) is 22.8 Å². The molecule has 2 heterocycles. The third-order valence-electron chi connectivity index (χ3n) is 3.56. The van der Waals surface area contributed by atoms with Gasteiger partial charge in [-0.1, -0.05) is 12.6 Å². The highest BCUT2D eigenvalue weighted by molar-refractivity contribution is 7.97. The number of ether oxygens (including phenoxy) is 2. The number of anilines is 2. The third kappa shape index (κ3) is 3.81. The molecule has 0 amide bonds. The molecule has 0 saturated heterocycles. The molecule has 0 radical (unpaired) electrons. The van der Waals surface area contributed by atoms with Crippen molar-refractivity contribution in [3.63, 3.8) is 0 Å². The van der Waals surface area contributed by atoms with Crippen LogP contribution in [0.5, 0.6) is 11.5 Å². The van der Waals surface area contributed by atoms with E-state index in [9.17, 15) is 4.79 Å². The highest BCUT2D eigenvalue weighted by Crippen LogP contribution is 2.36. The summed E-state index contributed by atoms with van der Waals surface area (Å²) in [7, 11) is 3.23. The van der Waals surface area contributed by atoms with Gasteiger partial charge in [0.25, 0.3) is 0 Å². The summed E-state index contributed by atoms with van der Waals surface area (Å²) in [5.41, 5.74) is 2.55. The van der Waals surface area contributed by atoms with Gasteiger partial charge in [-0.3, -0.25) is 4.79 Å². The molecule has 0 bridgehead atoms. The Hall–Kier alpha value is -2.03. The molecule has 0 atom stereocenters. The zero-order valence-electron chi connectivity index (χ0n) is 13.8. The molecule has 3 rings (SSSR count). The van der Waals surface area contributed by atoms with Gasteiger partial charge in [0.15, 0.2) is 5.13 Å². The molecular formula is C17H16N2O3S3. The van der Waals surface area contributed by atoms with E-state index in [0.717, 1.165) is 32.7 Å². The molecule has 0 spiro atoms. The first-order valence-corrected chi connectivity index (χ1v) is 9.45. The summed E-state index contributed by atoms with van der Waals surface area (Å²) in [5, 5.41) is 5.72. The van der Waals surface area contributed by atoms with Gasteiger partial charge in [-0.25, -0.2) is 4.98 Å². The fourth-order valence-corrected chi connectivity index (χ4v) is 4.12. The number of thiazole rings is 1. The predicted molar refractivity (Wildman–Crippen MR) is 106 cm³/mol. The Morgan fingerprint density at radius 1 is 1.24 bits per heavy atom. The maximum absolute atomic E-state index is 11.4. The Balaban J connectivity index is 1.89. The van der Waals surface area contributed by atoms with Crippen LogP contribution in [0.15, 0.2) is 29.6 Å². The van der Waals surface area contributed by atoms with Crippen LogP contribution in [0, 0.1) is 6.92 Å². The quantitative estimate of drug-likeness (QED) is 0.578. The van der Waals surface area contributed by atoms with E-state index in [4.69, 9.17) is 9.47 Å². The Morgan fingerprint density at radius 3 is 2.68 bits per heavy atom. The van der Waals surface area contributed by atoms with Crippen molar-refractivity contribution in [1.29, 1.82) is 0 Å². The van der Waals surface area contributed by atoms with Gasteiger partial charge in [0.05, 0.1) is 30.5 Å². The van der Waals surface area contributed by atoms with E-state index in [2.05, 4.69) is 22.9 Å². The molecule has 8 heteroatoms. The van der Waals surface area contributed by atoms with Crippen molar-refractivity contribution in [2.75, 3.05) is 19.5 Å².